The number of morpholine rings is 1. The molecule has 6 heterocycles. The van der Waals surface area contributed by atoms with Crippen LogP contribution < -0.4 is 10.1 Å². The van der Waals surface area contributed by atoms with Gasteiger partial charge in [-0.1, -0.05) is 48.5 Å². The average Bonchev–Trinajstić information content (AvgIpc) is 3.85. The number of benzene rings is 4. The van der Waals surface area contributed by atoms with Gasteiger partial charge in [0.25, 0.3) is 11.8 Å². The van der Waals surface area contributed by atoms with E-state index >= 15 is 4.79 Å². The van der Waals surface area contributed by atoms with Gasteiger partial charge < -0.3 is 34.3 Å². The van der Waals surface area contributed by atoms with Crippen molar-refractivity contribution in [2.24, 2.45) is 14.1 Å². The fraction of sp³-hybridized carbons (Fsp3) is 0.315. The summed E-state index contributed by atoms with van der Waals surface area (Å²) in [6.07, 6.45) is 4.88. The summed E-state index contributed by atoms with van der Waals surface area (Å²) in [5.41, 5.74) is 10.7. The highest BCUT2D eigenvalue weighted by molar-refractivity contribution is 6.14. The Bertz CT molecular complexity index is 3040. The Kier molecular flexibility index (Phi) is 12.3. The lowest BCUT2D eigenvalue weighted by Gasteiger charge is -2.36. The lowest BCUT2D eigenvalue weighted by atomic mass is 9.87. The monoisotopic (exact) mass is 912 g/mol. The molecule has 14 heteroatoms. The molecule has 0 bridgehead atoms. The molecule has 0 spiro atoms. The first-order chi connectivity index (χ1) is 33.0. The van der Waals surface area contributed by atoms with E-state index in [1.54, 1.807) is 41.3 Å². The molecule has 3 amide bonds. The summed E-state index contributed by atoms with van der Waals surface area (Å²) < 4.78 is 15.1. The van der Waals surface area contributed by atoms with Gasteiger partial charge in [0.1, 0.15) is 18.1 Å². The topological polar surface area (TPSA) is 147 Å². The van der Waals surface area contributed by atoms with Gasteiger partial charge in [0.15, 0.2) is 5.65 Å². The van der Waals surface area contributed by atoms with Gasteiger partial charge in [-0.2, -0.15) is 5.10 Å². The van der Waals surface area contributed by atoms with Crippen molar-refractivity contribution in [3.8, 4) is 33.9 Å². The molecule has 2 N–H and O–H groups in total. The zero-order valence-corrected chi connectivity index (χ0v) is 39.0. The van der Waals surface area contributed by atoms with Gasteiger partial charge in [0.05, 0.1) is 49.0 Å². The third-order valence-corrected chi connectivity index (χ3v) is 13.9. The number of fused-ring (bicyclic) bond motifs is 3. The maximum atomic E-state index is 15.4. The molecule has 3 aromatic heterocycles. The number of rotatable bonds is 11. The van der Waals surface area contributed by atoms with Gasteiger partial charge in [0, 0.05) is 87.2 Å². The lowest BCUT2D eigenvalue weighted by Crippen LogP contribution is -2.43. The van der Waals surface area contributed by atoms with Crippen molar-refractivity contribution in [1.29, 1.82) is 0 Å². The molecule has 14 nitrogen and oxygen atoms in total. The molecular formula is C54H56N8O6. The molecule has 0 saturated carbocycles. The molecule has 68 heavy (non-hydrogen) atoms. The van der Waals surface area contributed by atoms with Crippen molar-refractivity contribution < 1.29 is 29.0 Å². The van der Waals surface area contributed by atoms with E-state index in [1.165, 1.54) is 5.56 Å². The van der Waals surface area contributed by atoms with E-state index in [0.717, 1.165) is 72.7 Å². The summed E-state index contributed by atoms with van der Waals surface area (Å²) in [7, 11) is 3.74. The number of carbonyl (C=O) groups excluding carboxylic acids is 3. The van der Waals surface area contributed by atoms with E-state index in [1.807, 2.05) is 83.9 Å². The fourth-order valence-corrected chi connectivity index (χ4v) is 10.0. The standard InChI is InChI=1S/C54H56N8O6/c1-34-25-38-7-5-6-8-40(38)33-62(34)54(66)47-29-42-32-61(48(64)26-36-9-15-45(16-10-36)68-24-21-60-19-22-67-23-20-60)18-17-39(42)28-46(47)51-50(37-11-13-44(63)14-12-37)49(35(2)58(51)3)53(65)57-43-27-41-30-56-59(4)52(41)55-31-43/h5-16,27-31,34,63H,17-26,32-33H2,1-4H3,(H,57,65)/t34-/m1/s1. The van der Waals surface area contributed by atoms with Crippen molar-refractivity contribution in [3.63, 3.8) is 0 Å². The number of aryl methyl sites for hydroxylation is 1. The second-order valence-electron chi connectivity index (χ2n) is 18.3. The Morgan fingerprint density at radius 3 is 2.41 bits per heavy atom. The highest BCUT2D eigenvalue weighted by Gasteiger charge is 2.34. The van der Waals surface area contributed by atoms with Crippen LogP contribution in [0.4, 0.5) is 5.69 Å². The quantitative estimate of drug-likeness (QED) is 0.136. The summed E-state index contributed by atoms with van der Waals surface area (Å²) in [4.78, 5) is 54.8. The zero-order chi connectivity index (χ0) is 47.1. The van der Waals surface area contributed by atoms with Crippen LogP contribution in [0.15, 0.2) is 103 Å². The average molecular weight is 913 g/mol. The maximum Gasteiger partial charge on any atom is 0.258 e. The van der Waals surface area contributed by atoms with Gasteiger partial charge in [-0.3, -0.25) is 24.0 Å². The molecule has 7 aromatic rings. The molecule has 0 aliphatic carbocycles. The minimum absolute atomic E-state index is 0.0102. The molecule has 3 aliphatic rings. The van der Waals surface area contributed by atoms with Gasteiger partial charge in [-0.25, -0.2) is 4.98 Å². The van der Waals surface area contributed by atoms with Crippen molar-refractivity contribution >= 4 is 34.4 Å². The third kappa shape index (κ3) is 8.84. The van der Waals surface area contributed by atoms with E-state index in [0.29, 0.717) is 83.2 Å². The minimum Gasteiger partial charge on any atom is -0.508 e. The summed E-state index contributed by atoms with van der Waals surface area (Å²) in [5, 5.41) is 18.6. The maximum absolute atomic E-state index is 15.4. The number of ether oxygens (including phenoxy) is 2. The van der Waals surface area contributed by atoms with Crippen LogP contribution in [0, 0.1) is 6.92 Å². The number of aromatic nitrogens is 4. The molecule has 0 radical (unpaired) electrons. The number of nitrogens with one attached hydrogen (secondary N) is 1. The first-order valence-electron chi connectivity index (χ1n) is 23.4. The van der Waals surface area contributed by atoms with Crippen LogP contribution in [0.3, 0.4) is 0 Å². The normalized spacial score (nSPS) is 16.1. The highest BCUT2D eigenvalue weighted by Crippen LogP contribution is 2.43. The second-order valence-corrected chi connectivity index (χ2v) is 18.3. The summed E-state index contributed by atoms with van der Waals surface area (Å²) in [6, 6.07) is 28.7. The number of hydrogen-bond acceptors (Lipinski definition) is 9. The number of aromatic hydroxyl groups is 1. The minimum atomic E-state index is -0.343. The van der Waals surface area contributed by atoms with E-state index in [2.05, 4.69) is 45.4 Å². The first kappa shape index (κ1) is 44.5. The lowest BCUT2D eigenvalue weighted by molar-refractivity contribution is -0.131. The number of phenols is 1. The Hall–Kier alpha value is -7.29. The number of amides is 3. The van der Waals surface area contributed by atoms with Crippen molar-refractivity contribution in [1.82, 2.24) is 34.0 Å². The number of hydrogen-bond donors (Lipinski definition) is 2. The Labute approximate surface area is 395 Å². The van der Waals surface area contributed by atoms with Gasteiger partial charge in [-0.05, 0) is 103 Å². The second kappa shape index (κ2) is 18.8. The molecule has 4 aromatic carbocycles. The van der Waals surface area contributed by atoms with Crippen LogP contribution in [-0.2, 0) is 56.0 Å². The van der Waals surface area contributed by atoms with Crippen LogP contribution in [0.2, 0.25) is 0 Å². The largest absolute Gasteiger partial charge is 0.508 e. The van der Waals surface area contributed by atoms with Crippen molar-refractivity contribution in [3.05, 3.63) is 148 Å². The molecule has 1 atom stereocenters. The smallest absolute Gasteiger partial charge is 0.258 e. The van der Waals surface area contributed by atoms with Crippen LogP contribution in [0.5, 0.6) is 11.5 Å². The van der Waals surface area contributed by atoms with E-state index in [4.69, 9.17) is 9.47 Å². The molecular weight excluding hydrogens is 857 g/mol. The number of anilines is 1. The number of nitrogens with zero attached hydrogens (tertiary/aromatic N) is 7. The van der Waals surface area contributed by atoms with E-state index in [-0.39, 0.29) is 35.9 Å². The number of carbonyl (C=O) groups is 3. The SMILES string of the molecule is Cc1c(C(=O)Nc2cnc3c(cnn3C)c2)c(-c2ccc(O)cc2)c(-c2cc3c(cc2C(=O)N2Cc4ccccc4C[C@H]2C)CN(C(=O)Cc2ccc(OCCN4CCOCC4)cc2)CC3)n1C. The Morgan fingerprint density at radius 1 is 0.868 bits per heavy atom. The van der Waals surface area contributed by atoms with Crippen LogP contribution in [0.25, 0.3) is 33.4 Å². The van der Waals surface area contributed by atoms with E-state index in [9.17, 15) is 14.7 Å². The number of phenolic OH excluding ortho intramolecular Hbond substituents is 1. The molecule has 1 saturated heterocycles. The molecule has 3 aliphatic heterocycles. The number of pyridine rings is 1. The highest BCUT2D eigenvalue weighted by atomic mass is 16.5. The van der Waals surface area contributed by atoms with Crippen LogP contribution in [-0.4, -0.2) is 109 Å². The van der Waals surface area contributed by atoms with Gasteiger partial charge in [0.2, 0.25) is 5.91 Å². The molecule has 0 unspecified atom stereocenters. The summed E-state index contributed by atoms with van der Waals surface area (Å²) in [6.45, 7) is 10.1. The Balaban J connectivity index is 0.994. The third-order valence-electron chi connectivity index (χ3n) is 13.9. The summed E-state index contributed by atoms with van der Waals surface area (Å²) >= 11 is 0. The molecule has 1 fully saturated rings. The van der Waals surface area contributed by atoms with E-state index < -0.39 is 0 Å². The van der Waals surface area contributed by atoms with Crippen LogP contribution in [0.1, 0.15) is 61.2 Å². The van der Waals surface area contributed by atoms with Gasteiger partial charge >= 0.3 is 0 Å². The van der Waals surface area contributed by atoms with Crippen LogP contribution >= 0.6 is 0 Å². The van der Waals surface area contributed by atoms with Crippen molar-refractivity contribution in [2.45, 2.75) is 52.2 Å². The van der Waals surface area contributed by atoms with Gasteiger partial charge in [-0.15, -0.1) is 0 Å². The predicted molar refractivity (Wildman–Crippen MR) is 261 cm³/mol. The molecule has 10 rings (SSSR count). The first-order valence-corrected chi connectivity index (χ1v) is 23.4. The Morgan fingerprint density at radius 2 is 1.63 bits per heavy atom. The molecule has 348 valence electrons. The summed E-state index contributed by atoms with van der Waals surface area (Å²) in [5.74, 6) is 0.406. The zero-order valence-electron chi connectivity index (χ0n) is 39.0. The fourth-order valence-electron chi connectivity index (χ4n) is 10.0. The van der Waals surface area contributed by atoms with Crippen molar-refractivity contribution in [2.75, 3.05) is 51.3 Å². The predicted octanol–water partition coefficient (Wildman–Crippen LogP) is 7.33.